The SMILES string of the molecule is Cc1cc(C(=O)NCCc2ccccc2F)sc1Br. The monoisotopic (exact) mass is 341 g/mol. The smallest absolute Gasteiger partial charge is 0.261 e. The Labute approximate surface area is 123 Å². The van der Waals surface area contributed by atoms with Crippen molar-refractivity contribution in [2.45, 2.75) is 13.3 Å². The van der Waals surface area contributed by atoms with Gasteiger partial charge in [-0.2, -0.15) is 0 Å². The molecule has 0 aliphatic heterocycles. The molecule has 0 aliphatic carbocycles. The molecule has 0 bridgehead atoms. The molecule has 0 radical (unpaired) electrons. The van der Waals surface area contributed by atoms with Crippen molar-refractivity contribution in [1.29, 1.82) is 0 Å². The minimum absolute atomic E-state index is 0.116. The van der Waals surface area contributed by atoms with E-state index < -0.39 is 0 Å². The van der Waals surface area contributed by atoms with Crippen molar-refractivity contribution in [3.05, 3.63) is 55.9 Å². The van der Waals surface area contributed by atoms with Crippen LogP contribution in [0.25, 0.3) is 0 Å². The number of carbonyl (C=O) groups is 1. The Morgan fingerprint density at radius 2 is 2.16 bits per heavy atom. The highest BCUT2D eigenvalue weighted by molar-refractivity contribution is 9.11. The first-order valence-electron chi connectivity index (χ1n) is 5.85. The Morgan fingerprint density at radius 3 is 2.79 bits per heavy atom. The predicted octanol–water partition coefficient (Wildman–Crippen LogP) is 3.93. The van der Waals surface area contributed by atoms with Crippen LogP contribution >= 0.6 is 27.3 Å². The fraction of sp³-hybridized carbons (Fsp3) is 0.214. The molecule has 0 atom stereocenters. The van der Waals surface area contributed by atoms with Gasteiger partial charge in [0.2, 0.25) is 0 Å². The number of hydrogen-bond donors (Lipinski definition) is 1. The summed E-state index contributed by atoms with van der Waals surface area (Å²) in [5.41, 5.74) is 1.66. The van der Waals surface area contributed by atoms with Gasteiger partial charge in [0.15, 0.2) is 0 Å². The van der Waals surface area contributed by atoms with Gasteiger partial charge in [0.25, 0.3) is 5.91 Å². The zero-order valence-electron chi connectivity index (χ0n) is 10.4. The van der Waals surface area contributed by atoms with Gasteiger partial charge in [-0.3, -0.25) is 4.79 Å². The maximum atomic E-state index is 13.4. The lowest BCUT2D eigenvalue weighted by Crippen LogP contribution is -2.25. The number of hydrogen-bond acceptors (Lipinski definition) is 2. The van der Waals surface area contributed by atoms with Crippen LogP contribution in [0.4, 0.5) is 4.39 Å². The molecular formula is C14H13BrFNOS. The van der Waals surface area contributed by atoms with Gasteiger partial charge >= 0.3 is 0 Å². The van der Waals surface area contributed by atoms with Crippen molar-refractivity contribution in [2.24, 2.45) is 0 Å². The number of halogens is 2. The molecule has 0 aliphatic rings. The average Bonchev–Trinajstić information content (AvgIpc) is 2.72. The van der Waals surface area contributed by atoms with E-state index in [9.17, 15) is 9.18 Å². The molecule has 1 aromatic carbocycles. The summed E-state index contributed by atoms with van der Waals surface area (Å²) < 4.78 is 14.3. The van der Waals surface area contributed by atoms with E-state index in [1.807, 2.05) is 13.0 Å². The highest BCUT2D eigenvalue weighted by Gasteiger charge is 2.10. The summed E-state index contributed by atoms with van der Waals surface area (Å²) >= 11 is 4.79. The van der Waals surface area contributed by atoms with E-state index in [0.29, 0.717) is 23.4 Å². The van der Waals surface area contributed by atoms with Crippen molar-refractivity contribution in [3.63, 3.8) is 0 Å². The Hall–Kier alpha value is -1.20. The number of thiophene rings is 1. The normalized spacial score (nSPS) is 10.5. The Bertz CT molecular complexity index is 577. The van der Waals surface area contributed by atoms with Crippen molar-refractivity contribution >= 4 is 33.2 Å². The Balaban J connectivity index is 1.89. The van der Waals surface area contributed by atoms with Crippen LogP contribution in [0.3, 0.4) is 0 Å². The van der Waals surface area contributed by atoms with Crippen LogP contribution < -0.4 is 5.32 Å². The van der Waals surface area contributed by atoms with Crippen LogP contribution in [0.5, 0.6) is 0 Å². The van der Waals surface area contributed by atoms with Crippen LogP contribution in [0, 0.1) is 12.7 Å². The summed E-state index contributed by atoms with van der Waals surface area (Å²) in [6.45, 7) is 2.37. The van der Waals surface area contributed by atoms with Gasteiger partial charge in [-0.1, -0.05) is 18.2 Å². The molecule has 1 heterocycles. The van der Waals surface area contributed by atoms with E-state index in [-0.39, 0.29) is 11.7 Å². The molecule has 5 heteroatoms. The molecule has 2 aromatic rings. The van der Waals surface area contributed by atoms with Crippen molar-refractivity contribution < 1.29 is 9.18 Å². The first-order chi connectivity index (χ1) is 9.08. The fourth-order valence-electron chi connectivity index (χ4n) is 1.67. The topological polar surface area (TPSA) is 29.1 Å². The van der Waals surface area contributed by atoms with Gasteiger partial charge in [-0.15, -0.1) is 11.3 Å². The van der Waals surface area contributed by atoms with Crippen molar-refractivity contribution in [2.75, 3.05) is 6.54 Å². The van der Waals surface area contributed by atoms with Crippen LogP contribution in [0.1, 0.15) is 20.8 Å². The first-order valence-corrected chi connectivity index (χ1v) is 7.46. The quantitative estimate of drug-likeness (QED) is 0.896. The number of aryl methyl sites for hydroxylation is 1. The Morgan fingerprint density at radius 1 is 1.42 bits per heavy atom. The zero-order valence-corrected chi connectivity index (χ0v) is 12.8. The third kappa shape index (κ3) is 3.64. The highest BCUT2D eigenvalue weighted by Crippen LogP contribution is 2.27. The average molecular weight is 342 g/mol. The van der Waals surface area contributed by atoms with Crippen LogP contribution in [-0.4, -0.2) is 12.5 Å². The minimum atomic E-state index is -0.230. The molecule has 0 saturated carbocycles. The highest BCUT2D eigenvalue weighted by atomic mass is 79.9. The van der Waals surface area contributed by atoms with E-state index in [4.69, 9.17) is 0 Å². The Kier molecular flexibility index (Phi) is 4.71. The second-order valence-corrected chi connectivity index (χ2v) is 6.53. The van der Waals surface area contributed by atoms with Crippen LogP contribution in [0.2, 0.25) is 0 Å². The van der Waals surface area contributed by atoms with Crippen molar-refractivity contribution in [3.8, 4) is 0 Å². The van der Waals surface area contributed by atoms with Gasteiger partial charge in [-0.25, -0.2) is 4.39 Å². The maximum Gasteiger partial charge on any atom is 0.261 e. The molecule has 2 nitrogen and oxygen atoms in total. The second kappa shape index (κ2) is 6.30. The van der Waals surface area contributed by atoms with Gasteiger partial charge in [-0.05, 0) is 52.5 Å². The number of carbonyl (C=O) groups excluding carboxylic acids is 1. The van der Waals surface area contributed by atoms with Gasteiger partial charge in [0.05, 0.1) is 8.66 Å². The summed E-state index contributed by atoms with van der Waals surface area (Å²) in [4.78, 5) is 12.5. The lowest BCUT2D eigenvalue weighted by atomic mass is 10.1. The minimum Gasteiger partial charge on any atom is -0.351 e. The predicted molar refractivity (Wildman–Crippen MR) is 79.2 cm³/mol. The number of amides is 1. The van der Waals surface area contributed by atoms with Crippen molar-refractivity contribution in [1.82, 2.24) is 5.32 Å². The summed E-state index contributed by atoms with van der Waals surface area (Å²) in [5, 5.41) is 2.80. The molecule has 19 heavy (non-hydrogen) atoms. The number of nitrogens with one attached hydrogen (secondary N) is 1. The second-order valence-electron chi connectivity index (χ2n) is 4.16. The van der Waals surface area contributed by atoms with Crippen LogP contribution in [0.15, 0.2) is 34.1 Å². The standard InChI is InChI=1S/C14H13BrFNOS/c1-9-8-12(19-13(9)15)14(18)17-7-6-10-4-2-3-5-11(10)16/h2-5,8H,6-7H2,1H3,(H,17,18). The summed E-state index contributed by atoms with van der Waals surface area (Å²) in [6.07, 6.45) is 0.490. The van der Waals surface area contributed by atoms with Gasteiger partial charge in [0.1, 0.15) is 5.82 Å². The van der Waals surface area contributed by atoms with E-state index in [0.717, 1.165) is 9.35 Å². The summed E-state index contributed by atoms with van der Waals surface area (Å²) in [5.74, 6) is -0.346. The maximum absolute atomic E-state index is 13.4. The number of rotatable bonds is 4. The van der Waals surface area contributed by atoms with E-state index in [2.05, 4.69) is 21.2 Å². The molecule has 100 valence electrons. The van der Waals surface area contributed by atoms with E-state index >= 15 is 0 Å². The van der Waals surface area contributed by atoms with Crippen LogP contribution in [-0.2, 0) is 6.42 Å². The summed E-state index contributed by atoms with van der Waals surface area (Å²) in [7, 11) is 0. The lowest BCUT2D eigenvalue weighted by Gasteiger charge is -2.04. The number of benzene rings is 1. The molecule has 0 fully saturated rings. The largest absolute Gasteiger partial charge is 0.351 e. The molecular weight excluding hydrogens is 329 g/mol. The molecule has 0 unspecified atom stereocenters. The first kappa shape index (κ1) is 14.2. The van der Waals surface area contributed by atoms with E-state index in [1.54, 1.807) is 18.2 Å². The molecule has 1 aromatic heterocycles. The summed E-state index contributed by atoms with van der Waals surface area (Å²) in [6, 6.07) is 8.45. The van der Waals surface area contributed by atoms with E-state index in [1.165, 1.54) is 17.4 Å². The molecule has 1 N–H and O–H groups in total. The van der Waals surface area contributed by atoms with Gasteiger partial charge in [0, 0.05) is 6.54 Å². The lowest BCUT2D eigenvalue weighted by molar-refractivity contribution is 0.0958. The molecule has 2 rings (SSSR count). The zero-order chi connectivity index (χ0) is 13.8. The third-order valence-electron chi connectivity index (χ3n) is 2.72. The fourth-order valence-corrected chi connectivity index (χ4v) is 3.12. The molecule has 1 amide bonds. The third-order valence-corrected chi connectivity index (χ3v) is 4.85. The molecule has 0 spiro atoms. The molecule has 0 saturated heterocycles. The van der Waals surface area contributed by atoms with Gasteiger partial charge < -0.3 is 5.32 Å².